The Balaban J connectivity index is 1.62. The van der Waals surface area contributed by atoms with E-state index in [1.165, 1.54) is 6.92 Å². The number of alkyl halides is 3. The van der Waals surface area contributed by atoms with Crippen molar-refractivity contribution >= 4 is 29.2 Å². The number of piperazine rings is 1. The van der Waals surface area contributed by atoms with E-state index in [-0.39, 0.29) is 29.1 Å². The lowest BCUT2D eigenvalue weighted by Gasteiger charge is -2.36. The number of hydrogen-bond donors (Lipinski definition) is 1. The van der Waals surface area contributed by atoms with Gasteiger partial charge in [0, 0.05) is 39.3 Å². The van der Waals surface area contributed by atoms with Crippen LogP contribution in [0.3, 0.4) is 0 Å². The lowest BCUT2D eigenvalue weighted by Crippen LogP contribution is -2.49. The molecule has 31 heavy (non-hydrogen) atoms. The number of hydrogen-bond acceptors (Lipinski definition) is 4. The van der Waals surface area contributed by atoms with Gasteiger partial charge in [0.15, 0.2) is 0 Å². The summed E-state index contributed by atoms with van der Waals surface area (Å²) in [4.78, 5) is 31.7. The predicted molar refractivity (Wildman–Crippen MR) is 111 cm³/mol. The van der Waals surface area contributed by atoms with Crippen molar-refractivity contribution < 1.29 is 22.8 Å². The molecule has 2 amide bonds. The van der Waals surface area contributed by atoms with Crippen LogP contribution in [0.1, 0.15) is 30.5 Å². The van der Waals surface area contributed by atoms with Gasteiger partial charge in [0.25, 0.3) is 0 Å². The van der Waals surface area contributed by atoms with Gasteiger partial charge in [-0.15, -0.1) is 0 Å². The number of aromatic nitrogens is 1. The summed E-state index contributed by atoms with van der Waals surface area (Å²) in [6, 6.07) is 9.67. The third kappa shape index (κ3) is 5.88. The lowest BCUT2D eigenvalue weighted by atomic mass is 10.0. The minimum absolute atomic E-state index is 0.0793. The van der Waals surface area contributed by atoms with E-state index >= 15 is 0 Å². The highest BCUT2D eigenvalue weighted by Gasteiger charge is 2.32. The molecule has 1 N–H and O–H groups in total. The minimum Gasteiger partial charge on any atom is -0.352 e. The van der Waals surface area contributed by atoms with Crippen LogP contribution in [-0.4, -0.2) is 47.9 Å². The standard InChI is InChI=1S/C21H22ClF3N4O2/c1-14(30)27-18(15-5-3-2-4-6-15)12-19(31)28-7-9-29(10-8-28)20-17(22)11-16(13-26-20)21(23,24)25/h2-6,11,13,18H,7-10,12H2,1H3,(H,27,30). The predicted octanol–water partition coefficient (Wildman–Crippen LogP) is 3.67. The first kappa shape index (κ1) is 22.9. The van der Waals surface area contributed by atoms with Crippen LogP contribution in [0.15, 0.2) is 42.6 Å². The van der Waals surface area contributed by atoms with Crippen LogP contribution in [0.4, 0.5) is 19.0 Å². The van der Waals surface area contributed by atoms with Gasteiger partial charge in [-0.3, -0.25) is 9.59 Å². The van der Waals surface area contributed by atoms with E-state index in [4.69, 9.17) is 11.6 Å². The van der Waals surface area contributed by atoms with Crippen molar-refractivity contribution in [1.29, 1.82) is 0 Å². The Kier molecular flexibility index (Phi) is 7.04. The molecule has 0 bridgehead atoms. The SMILES string of the molecule is CC(=O)NC(CC(=O)N1CCN(c2ncc(C(F)(F)F)cc2Cl)CC1)c1ccccc1. The number of nitrogens with zero attached hydrogens (tertiary/aromatic N) is 3. The zero-order valence-corrected chi connectivity index (χ0v) is 17.6. The first-order valence-electron chi connectivity index (χ1n) is 9.72. The van der Waals surface area contributed by atoms with Crippen LogP contribution >= 0.6 is 11.6 Å². The summed E-state index contributed by atoms with van der Waals surface area (Å²) in [6.07, 6.45) is -3.64. The molecule has 1 fully saturated rings. The molecule has 1 aromatic carbocycles. The number of benzene rings is 1. The van der Waals surface area contributed by atoms with Gasteiger partial charge < -0.3 is 15.1 Å². The van der Waals surface area contributed by atoms with Gasteiger partial charge in [-0.1, -0.05) is 41.9 Å². The van der Waals surface area contributed by atoms with Gasteiger partial charge in [0.05, 0.1) is 23.0 Å². The molecule has 166 valence electrons. The molecule has 3 rings (SSSR count). The van der Waals surface area contributed by atoms with Gasteiger partial charge in [-0.2, -0.15) is 13.2 Å². The van der Waals surface area contributed by atoms with Crippen LogP contribution in [-0.2, 0) is 15.8 Å². The number of carbonyl (C=O) groups excluding carboxylic acids is 2. The Labute approximate surface area is 183 Å². The number of anilines is 1. The zero-order chi connectivity index (χ0) is 22.6. The maximum atomic E-state index is 12.8. The van der Waals surface area contributed by atoms with Gasteiger partial charge in [-0.25, -0.2) is 4.98 Å². The quantitative estimate of drug-likeness (QED) is 0.748. The molecular weight excluding hydrogens is 433 g/mol. The van der Waals surface area contributed by atoms with Crippen molar-refractivity contribution in [3.05, 3.63) is 58.7 Å². The number of nitrogens with one attached hydrogen (secondary N) is 1. The Morgan fingerprint density at radius 3 is 2.35 bits per heavy atom. The molecule has 0 aliphatic carbocycles. The van der Waals surface area contributed by atoms with Crippen LogP contribution in [0.25, 0.3) is 0 Å². The smallest absolute Gasteiger partial charge is 0.352 e. The number of amides is 2. The maximum Gasteiger partial charge on any atom is 0.417 e. The molecule has 0 spiro atoms. The average molecular weight is 455 g/mol. The van der Waals surface area contributed by atoms with E-state index in [9.17, 15) is 22.8 Å². The molecular formula is C21H22ClF3N4O2. The van der Waals surface area contributed by atoms with E-state index in [1.807, 2.05) is 30.3 Å². The van der Waals surface area contributed by atoms with Crippen LogP contribution in [0.5, 0.6) is 0 Å². The molecule has 1 aromatic heterocycles. The Hall–Kier alpha value is -2.81. The van der Waals surface area contributed by atoms with Crippen molar-refractivity contribution in [2.24, 2.45) is 0 Å². The summed E-state index contributed by atoms with van der Waals surface area (Å²) in [5, 5.41) is 2.73. The average Bonchev–Trinajstić information content (AvgIpc) is 2.73. The van der Waals surface area contributed by atoms with Crippen molar-refractivity contribution in [1.82, 2.24) is 15.2 Å². The molecule has 2 aromatic rings. The fraction of sp³-hybridized carbons (Fsp3) is 0.381. The van der Waals surface area contributed by atoms with E-state index in [1.54, 1.807) is 9.80 Å². The molecule has 1 aliphatic heterocycles. The topological polar surface area (TPSA) is 65.5 Å². The Morgan fingerprint density at radius 1 is 1.16 bits per heavy atom. The monoisotopic (exact) mass is 454 g/mol. The second-order valence-electron chi connectivity index (χ2n) is 7.26. The summed E-state index contributed by atoms with van der Waals surface area (Å²) in [6.45, 7) is 2.93. The molecule has 1 saturated heterocycles. The van der Waals surface area contributed by atoms with Crippen LogP contribution in [0, 0.1) is 0 Å². The summed E-state index contributed by atoms with van der Waals surface area (Å²) >= 11 is 6.03. The Bertz CT molecular complexity index is 932. The highest BCUT2D eigenvalue weighted by atomic mass is 35.5. The first-order valence-corrected chi connectivity index (χ1v) is 10.1. The minimum atomic E-state index is -4.51. The zero-order valence-electron chi connectivity index (χ0n) is 16.8. The number of halogens is 4. The van der Waals surface area contributed by atoms with Crippen molar-refractivity contribution in [2.45, 2.75) is 25.6 Å². The lowest BCUT2D eigenvalue weighted by molar-refractivity contribution is -0.138. The van der Waals surface area contributed by atoms with E-state index in [0.717, 1.165) is 17.8 Å². The largest absolute Gasteiger partial charge is 0.417 e. The number of rotatable bonds is 5. The van der Waals surface area contributed by atoms with Gasteiger partial charge in [-0.05, 0) is 11.6 Å². The summed E-state index contributed by atoms with van der Waals surface area (Å²) < 4.78 is 38.4. The second-order valence-corrected chi connectivity index (χ2v) is 7.67. The summed E-state index contributed by atoms with van der Waals surface area (Å²) in [5.41, 5.74) is -0.0644. The highest BCUT2D eigenvalue weighted by molar-refractivity contribution is 6.33. The molecule has 2 heterocycles. The Morgan fingerprint density at radius 2 is 1.81 bits per heavy atom. The van der Waals surface area contributed by atoms with Crippen molar-refractivity contribution in [2.75, 3.05) is 31.1 Å². The molecule has 1 unspecified atom stereocenters. The van der Waals surface area contributed by atoms with E-state index in [0.29, 0.717) is 26.2 Å². The third-order valence-electron chi connectivity index (χ3n) is 5.04. The third-order valence-corrected chi connectivity index (χ3v) is 5.32. The number of carbonyl (C=O) groups is 2. The molecule has 1 atom stereocenters. The molecule has 10 heteroatoms. The molecule has 6 nitrogen and oxygen atoms in total. The van der Waals surface area contributed by atoms with E-state index < -0.39 is 17.8 Å². The summed E-state index contributed by atoms with van der Waals surface area (Å²) in [5.74, 6) is -0.0783. The van der Waals surface area contributed by atoms with Gasteiger partial charge in [0.1, 0.15) is 5.82 Å². The van der Waals surface area contributed by atoms with Crippen molar-refractivity contribution in [3.63, 3.8) is 0 Å². The maximum absolute atomic E-state index is 12.8. The fourth-order valence-corrected chi connectivity index (χ4v) is 3.76. The number of pyridine rings is 1. The van der Waals surface area contributed by atoms with Crippen LogP contribution in [0.2, 0.25) is 5.02 Å². The van der Waals surface area contributed by atoms with E-state index in [2.05, 4.69) is 10.3 Å². The molecule has 1 aliphatic rings. The first-order chi connectivity index (χ1) is 14.6. The summed E-state index contributed by atoms with van der Waals surface area (Å²) in [7, 11) is 0. The van der Waals surface area contributed by atoms with Crippen LogP contribution < -0.4 is 10.2 Å². The van der Waals surface area contributed by atoms with Gasteiger partial charge in [0.2, 0.25) is 11.8 Å². The van der Waals surface area contributed by atoms with Crippen molar-refractivity contribution in [3.8, 4) is 0 Å². The molecule has 0 saturated carbocycles. The molecule has 0 radical (unpaired) electrons. The normalized spacial score (nSPS) is 15.5. The highest BCUT2D eigenvalue weighted by Crippen LogP contribution is 2.33. The van der Waals surface area contributed by atoms with Gasteiger partial charge >= 0.3 is 6.18 Å². The second kappa shape index (κ2) is 9.55. The fourth-order valence-electron chi connectivity index (χ4n) is 3.47.